The Hall–Kier alpha value is -4.23. The van der Waals surface area contributed by atoms with Gasteiger partial charge < -0.3 is 14.6 Å². The van der Waals surface area contributed by atoms with E-state index in [1.54, 1.807) is 7.11 Å². The lowest BCUT2D eigenvalue weighted by molar-refractivity contribution is -0.134. The van der Waals surface area contributed by atoms with Crippen molar-refractivity contribution in [1.29, 1.82) is 0 Å². The molecule has 32 heavy (non-hydrogen) atoms. The summed E-state index contributed by atoms with van der Waals surface area (Å²) in [6, 6.07) is 23.9. The molecule has 1 aliphatic carbocycles. The standard InChI is InChI=1S/C26H20O2.C2H4O2/c1-27-19-23-7-5-6-22-15-12-21(18-26(22)23)11-10-20-13-16-25(17-14-20)28-24-8-3-2-4-9-24;1-2(3)4/h2-6,8-9,12-19H,7H2,1H3;1H3,(H,3,4). The van der Waals surface area contributed by atoms with E-state index in [0.29, 0.717) is 0 Å². The summed E-state index contributed by atoms with van der Waals surface area (Å²) in [6.45, 7) is 1.08. The average Bonchev–Trinajstić information content (AvgIpc) is 2.79. The van der Waals surface area contributed by atoms with Gasteiger partial charge in [0.25, 0.3) is 5.97 Å². The van der Waals surface area contributed by atoms with Crippen LogP contribution in [0.4, 0.5) is 0 Å². The van der Waals surface area contributed by atoms with Crippen LogP contribution in [0.1, 0.15) is 35.6 Å². The second kappa shape index (κ2) is 11.2. The molecule has 0 fully saturated rings. The predicted molar refractivity (Wildman–Crippen MR) is 127 cm³/mol. The van der Waals surface area contributed by atoms with Gasteiger partial charge in [0.2, 0.25) is 0 Å². The molecular formula is C28H24O4. The van der Waals surface area contributed by atoms with Crippen molar-refractivity contribution < 1.29 is 19.4 Å². The van der Waals surface area contributed by atoms with Gasteiger partial charge in [0.05, 0.1) is 13.4 Å². The molecule has 3 aromatic rings. The first-order valence-corrected chi connectivity index (χ1v) is 10.1. The Morgan fingerprint density at radius 3 is 2.25 bits per heavy atom. The van der Waals surface area contributed by atoms with Crippen LogP contribution in [0.25, 0.3) is 11.6 Å². The number of para-hydroxylation sites is 1. The molecule has 0 heterocycles. The third-order valence-electron chi connectivity index (χ3n) is 4.48. The Morgan fingerprint density at radius 2 is 1.56 bits per heavy atom. The molecule has 4 heteroatoms. The van der Waals surface area contributed by atoms with Gasteiger partial charge in [-0.05, 0) is 71.7 Å². The lowest BCUT2D eigenvalue weighted by atomic mass is 9.91. The Morgan fingerprint density at radius 1 is 0.938 bits per heavy atom. The van der Waals surface area contributed by atoms with Crippen molar-refractivity contribution >= 4 is 17.6 Å². The largest absolute Gasteiger partial charge is 0.504 e. The highest BCUT2D eigenvalue weighted by atomic mass is 16.5. The molecule has 0 atom stereocenters. The van der Waals surface area contributed by atoms with Crippen LogP contribution in [0.2, 0.25) is 0 Å². The number of carboxylic acid groups (broad SMARTS) is 1. The minimum absolute atomic E-state index is 0.798. The van der Waals surface area contributed by atoms with Crippen molar-refractivity contribution in [3.63, 3.8) is 0 Å². The van der Waals surface area contributed by atoms with Crippen molar-refractivity contribution in [2.45, 2.75) is 13.3 Å². The highest BCUT2D eigenvalue weighted by Gasteiger charge is 2.10. The molecule has 0 aliphatic heterocycles. The normalized spacial score (nSPS) is 12.5. The number of rotatable bonds is 3. The number of fused-ring (bicyclic) bond motifs is 1. The van der Waals surface area contributed by atoms with Crippen molar-refractivity contribution in [1.82, 2.24) is 0 Å². The van der Waals surface area contributed by atoms with E-state index >= 15 is 0 Å². The summed E-state index contributed by atoms with van der Waals surface area (Å²) < 4.78 is 11.0. The van der Waals surface area contributed by atoms with Crippen molar-refractivity contribution in [3.8, 4) is 23.3 Å². The van der Waals surface area contributed by atoms with E-state index < -0.39 is 5.97 Å². The van der Waals surface area contributed by atoms with E-state index in [2.05, 4.69) is 42.2 Å². The van der Waals surface area contributed by atoms with Crippen LogP contribution >= 0.6 is 0 Å². The first-order valence-electron chi connectivity index (χ1n) is 10.1. The van der Waals surface area contributed by atoms with Crippen molar-refractivity contribution in [3.05, 3.63) is 107 Å². The van der Waals surface area contributed by atoms with Gasteiger partial charge >= 0.3 is 0 Å². The van der Waals surface area contributed by atoms with Crippen LogP contribution in [0.15, 0.2) is 85.1 Å². The molecular weight excluding hydrogens is 400 g/mol. The number of methoxy groups -OCH3 is 1. The number of ether oxygens (including phenoxy) is 2. The van der Waals surface area contributed by atoms with Gasteiger partial charge in [-0.2, -0.15) is 0 Å². The highest BCUT2D eigenvalue weighted by molar-refractivity contribution is 5.79. The van der Waals surface area contributed by atoms with E-state index in [4.69, 9.17) is 19.4 Å². The molecule has 0 saturated heterocycles. The Kier molecular flexibility index (Phi) is 7.89. The minimum Gasteiger partial charge on any atom is -0.504 e. The van der Waals surface area contributed by atoms with Gasteiger partial charge in [-0.3, -0.25) is 4.79 Å². The van der Waals surface area contributed by atoms with Crippen LogP contribution in [-0.2, 0) is 9.53 Å². The quantitative estimate of drug-likeness (QED) is 0.392. The lowest BCUT2D eigenvalue weighted by Gasteiger charge is -2.14. The summed E-state index contributed by atoms with van der Waals surface area (Å²) in [7, 11) is 1.68. The third-order valence-corrected chi connectivity index (χ3v) is 4.48. The van der Waals surface area contributed by atoms with Gasteiger partial charge in [0.15, 0.2) is 0 Å². The zero-order valence-electron chi connectivity index (χ0n) is 18.0. The summed E-state index contributed by atoms with van der Waals surface area (Å²) in [5, 5.41) is 7.42. The number of allylic oxidation sites excluding steroid dienone is 2. The van der Waals surface area contributed by atoms with E-state index in [1.807, 2.05) is 60.9 Å². The zero-order chi connectivity index (χ0) is 22.8. The molecule has 0 unspecified atom stereocenters. The maximum atomic E-state index is 9.00. The molecule has 0 spiro atoms. The molecule has 3 aromatic carbocycles. The fourth-order valence-electron chi connectivity index (χ4n) is 3.11. The first-order chi connectivity index (χ1) is 15.5. The summed E-state index contributed by atoms with van der Waals surface area (Å²) in [6.07, 6.45) is 6.98. The number of benzene rings is 3. The van der Waals surface area contributed by atoms with Crippen molar-refractivity contribution in [2.24, 2.45) is 0 Å². The lowest BCUT2D eigenvalue weighted by Crippen LogP contribution is -1.95. The fraction of sp³-hybridized carbons (Fsp3) is 0.107. The van der Waals surface area contributed by atoms with Gasteiger partial charge in [-0.25, -0.2) is 0 Å². The number of aliphatic carboxylic acids is 1. The van der Waals surface area contributed by atoms with Gasteiger partial charge in [-0.1, -0.05) is 48.3 Å². The molecule has 160 valence electrons. The van der Waals surface area contributed by atoms with Crippen LogP contribution in [0.5, 0.6) is 11.5 Å². The van der Waals surface area contributed by atoms with E-state index in [1.165, 1.54) is 16.7 Å². The molecule has 0 bridgehead atoms. The Labute approximate surface area is 188 Å². The smallest absolute Gasteiger partial charge is 0.300 e. The van der Waals surface area contributed by atoms with Crippen molar-refractivity contribution in [2.75, 3.05) is 7.11 Å². The Bertz CT molecular complexity index is 1170. The van der Waals surface area contributed by atoms with Crippen LogP contribution < -0.4 is 4.74 Å². The van der Waals surface area contributed by atoms with E-state index in [-0.39, 0.29) is 0 Å². The molecule has 0 radical (unpaired) electrons. The van der Waals surface area contributed by atoms with Crippen LogP contribution in [0, 0.1) is 11.8 Å². The molecule has 1 N–H and O–H groups in total. The number of hydrogen-bond donors (Lipinski definition) is 1. The van der Waals surface area contributed by atoms with Crippen LogP contribution in [-0.4, -0.2) is 18.2 Å². The summed E-state index contributed by atoms with van der Waals surface area (Å²) in [5.74, 6) is 7.28. The first kappa shape index (κ1) is 22.5. The molecule has 0 amide bonds. The molecule has 1 aliphatic rings. The second-order valence-corrected chi connectivity index (χ2v) is 7.00. The second-order valence-electron chi connectivity index (χ2n) is 7.00. The third kappa shape index (κ3) is 6.65. The molecule has 0 saturated carbocycles. The minimum atomic E-state index is -0.833. The number of carbonyl (C=O) groups is 1. The maximum Gasteiger partial charge on any atom is 0.300 e. The molecule has 0 aromatic heterocycles. The summed E-state index contributed by atoms with van der Waals surface area (Å²) >= 11 is 0. The maximum absolute atomic E-state index is 9.00. The zero-order valence-corrected chi connectivity index (χ0v) is 18.0. The average molecular weight is 424 g/mol. The topological polar surface area (TPSA) is 55.8 Å². The summed E-state index contributed by atoms with van der Waals surface area (Å²) in [5.41, 5.74) is 5.49. The van der Waals surface area contributed by atoms with Gasteiger partial charge in [-0.15, -0.1) is 0 Å². The van der Waals surface area contributed by atoms with Gasteiger partial charge in [0, 0.05) is 18.1 Å². The predicted octanol–water partition coefficient (Wildman–Crippen LogP) is 6.37. The fourth-order valence-corrected chi connectivity index (χ4v) is 3.11. The Balaban J connectivity index is 0.000000668. The number of hydrogen-bond acceptors (Lipinski definition) is 3. The van der Waals surface area contributed by atoms with Crippen LogP contribution in [0.3, 0.4) is 0 Å². The summed E-state index contributed by atoms with van der Waals surface area (Å²) in [4.78, 5) is 9.00. The van der Waals surface area contributed by atoms with Gasteiger partial charge in [0.1, 0.15) is 11.5 Å². The molecule has 4 nitrogen and oxygen atoms in total. The number of carboxylic acids is 1. The van der Waals surface area contributed by atoms with E-state index in [0.717, 1.165) is 36.0 Å². The monoisotopic (exact) mass is 424 g/mol. The van der Waals surface area contributed by atoms with E-state index in [9.17, 15) is 0 Å². The molecule has 4 rings (SSSR count). The highest BCUT2D eigenvalue weighted by Crippen LogP contribution is 2.29. The SMILES string of the molecule is CC(=O)O.COC=C1CC=Cc2ccc(C#Cc3ccc(Oc4ccccc4)cc3)cc21.